The van der Waals surface area contributed by atoms with Crippen molar-refractivity contribution < 1.29 is 23.0 Å². The van der Waals surface area contributed by atoms with Gasteiger partial charge in [0.25, 0.3) is 10.1 Å². The van der Waals surface area contributed by atoms with Crippen molar-refractivity contribution in [2.45, 2.75) is 12.6 Å². The number of nitro groups is 1. The monoisotopic (exact) mass is 267 g/mol. The van der Waals surface area contributed by atoms with Crippen molar-refractivity contribution in [3.05, 3.63) is 22.1 Å². The first kappa shape index (κ1) is 13.7. The second kappa shape index (κ2) is 4.47. The molecule has 0 aromatic heterocycles. The molecule has 1 unspecified atom stereocenters. The average molecular weight is 267 g/mol. The summed E-state index contributed by atoms with van der Waals surface area (Å²) >= 11 is 0. The van der Waals surface area contributed by atoms with E-state index in [0.717, 1.165) is 11.1 Å². The highest BCUT2D eigenvalue weighted by Gasteiger charge is 2.47. The van der Waals surface area contributed by atoms with Crippen molar-refractivity contribution >= 4 is 10.1 Å². The van der Waals surface area contributed by atoms with Crippen molar-refractivity contribution in [2.24, 2.45) is 0 Å². The topological polar surface area (TPSA) is 133 Å². The molecule has 0 fully saturated rings. The lowest BCUT2D eigenvalue weighted by Gasteiger charge is -2.30. The third-order valence-electron chi connectivity index (χ3n) is 2.36. The first-order chi connectivity index (χ1) is 7.69. The Morgan fingerprint density at radius 2 is 2.24 bits per heavy atom. The number of aliphatic hydroxyl groups excluding tert-OH is 1. The molecule has 0 spiro atoms. The predicted octanol–water partition coefficient (Wildman–Crippen LogP) is -1.44. The van der Waals surface area contributed by atoms with Crippen LogP contribution in [0, 0.1) is 10.1 Å². The van der Waals surface area contributed by atoms with Gasteiger partial charge < -0.3 is 20.5 Å². The summed E-state index contributed by atoms with van der Waals surface area (Å²) in [5, 5.41) is 22.1. The van der Waals surface area contributed by atoms with E-state index in [-0.39, 0.29) is 19.0 Å². The first-order valence-corrected chi connectivity index (χ1v) is 6.26. The molecule has 17 heavy (non-hydrogen) atoms. The summed E-state index contributed by atoms with van der Waals surface area (Å²) in [5.74, 6) is -1.08. The maximum Gasteiger partial charge on any atom is 0.336 e. The van der Waals surface area contributed by atoms with Crippen molar-refractivity contribution in [3.8, 4) is 0 Å². The number of β-amino-alcohol motifs (C(OH)–C–C–N with tert-alkyl or cyclic N) is 1. The zero-order chi connectivity index (χ0) is 13.3. The molecule has 9 nitrogen and oxygen atoms in total. The number of hydrogen-bond donors (Lipinski definition) is 3. The fourth-order valence-corrected chi connectivity index (χ4v) is 2.67. The van der Waals surface area contributed by atoms with Crippen molar-refractivity contribution in [2.75, 3.05) is 18.9 Å². The number of hydrogen-bond acceptors (Lipinski definition) is 7. The molecular weight excluding hydrogens is 254 g/mol. The van der Waals surface area contributed by atoms with Gasteiger partial charge in [-0.25, -0.2) is 4.90 Å². The molecule has 1 rings (SSSR count). The fourth-order valence-electron chi connectivity index (χ4n) is 1.72. The van der Waals surface area contributed by atoms with E-state index in [0.29, 0.717) is 0 Å². The molecule has 1 heterocycles. The van der Waals surface area contributed by atoms with Crippen LogP contribution in [-0.2, 0) is 10.1 Å². The molecule has 0 saturated carbocycles. The van der Waals surface area contributed by atoms with E-state index in [4.69, 9.17) is 9.66 Å². The Kier molecular flexibility index (Phi) is 3.59. The molecule has 0 saturated heterocycles. The molecule has 0 aromatic carbocycles. The summed E-state index contributed by atoms with van der Waals surface area (Å²) in [7, 11) is -4.31. The second-order valence-electron chi connectivity index (χ2n) is 3.78. The molecule has 10 heteroatoms. The van der Waals surface area contributed by atoms with Crippen molar-refractivity contribution in [3.63, 3.8) is 0 Å². The Hall–Kier alpha value is -1.39. The van der Waals surface area contributed by atoms with Gasteiger partial charge in [0.1, 0.15) is 12.3 Å². The van der Waals surface area contributed by atoms with Crippen LogP contribution >= 0.6 is 0 Å². The Morgan fingerprint density at radius 1 is 1.65 bits per heavy atom. The van der Waals surface area contributed by atoms with Crippen LogP contribution < -0.4 is 5.32 Å². The highest BCUT2D eigenvalue weighted by molar-refractivity contribution is 7.85. The van der Waals surface area contributed by atoms with E-state index in [2.05, 4.69) is 5.32 Å². The zero-order valence-corrected chi connectivity index (χ0v) is 9.85. The Bertz CT molecular complexity index is 447. The van der Waals surface area contributed by atoms with Crippen LogP contribution in [0.1, 0.15) is 6.92 Å². The van der Waals surface area contributed by atoms with Gasteiger partial charge in [-0.3, -0.25) is 4.55 Å². The molecule has 1 aliphatic rings. The summed E-state index contributed by atoms with van der Waals surface area (Å²) in [4.78, 5) is 11.1. The molecule has 0 amide bonds. The normalized spacial score (nSPS) is 24.4. The van der Waals surface area contributed by atoms with Crippen LogP contribution in [0.4, 0.5) is 0 Å². The van der Waals surface area contributed by atoms with Gasteiger partial charge in [-0.15, -0.1) is 0 Å². The summed E-state index contributed by atoms with van der Waals surface area (Å²) < 4.78 is 30.5. The molecule has 0 aliphatic carbocycles. The SMILES string of the molecule is CC1(CS(=O)(=O)O)NC=C([N+](=O)[O-])N1CCO. The maximum atomic E-state index is 10.9. The van der Waals surface area contributed by atoms with Crippen molar-refractivity contribution in [1.29, 1.82) is 0 Å². The lowest BCUT2D eigenvalue weighted by atomic mass is 10.2. The van der Waals surface area contributed by atoms with E-state index in [1.54, 1.807) is 0 Å². The van der Waals surface area contributed by atoms with Gasteiger partial charge in [0.05, 0.1) is 12.8 Å². The highest BCUT2D eigenvalue weighted by Crippen LogP contribution is 2.25. The summed E-state index contributed by atoms with van der Waals surface area (Å²) in [6, 6.07) is 0. The van der Waals surface area contributed by atoms with Crippen LogP contribution in [0.3, 0.4) is 0 Å². The Labute approximate surface area is 97.6 Å². The van der Waals surface area contributed by atoms with E-state index in [9.17, 15) is 18.5 Å². The molecular formula is C7H13N3O6S. The number of aliphatic hydroxyl groups is 1. The summed E-state index contributed by atoms with van der Waals surface area (Å²) in [6.07, 6.45) is 1.04. The van der Waals surface area contributed by atoms with E-state index in [1.807, 2.05) is 0 Å². The van der Waals surface area contributed by atoms with Crippen LogP contribution in [0.2, 0.25) is 0 Å². The van der Waals surface area contributed by atoms with E-state index in [1.165, 1.54) is 6.92 Å². The lowest BCUT2D eigenvalue weighted by Crippen LogP contribution is -2.55. The van der Waals surface area contributed by atoms with Gasteiger partial charge in [-0.2, -0.15) is 8.42 Å². The smallest absolute Gasteiger partial charge is 0.336 e. The largest absolute Gasteiger partial charge is 0.392 e. The fraction of sp³-hybridized carbons (Fsp3) is 0.714. The first-order valence-electron chi connectivity index (χ1n) is 4.65. The molecule has 3 N–H and O–H groups in total. The number of nitrogens with zero attached hydrogens (tertiary/aromatic N) is 2. The van der Waals surface area contributed by atoms with Crippen molar-refractivity contribution in [1.82, 2.24) is 10.2 Å². The van der Waals surface area contributed by atoms with Gasteiger partial charge >= 0.3 is 5.82 Å². The van der Waals surface area contributed by atoms with E-state index < -0.39 is 26.5 Å². The average Bonchev–Trinajstić information content (AvgIpc) is 2.41. The molecule has 98 valence electrons. The third kappa shape index (κ3) is 3.05. The number of nitrogens with one attached hydrogen (secondary N) is 1. The van der Waals surface area contributed by atoms with E-state index >= 15 is 0 Å². The zero-order valence-electron chi connectivity index (χ0n) is 9.03. The molecule has 0 bridgehead atoms. The lowest BCUT2D eigenvalue weighted by molar-refractivity contribution is -0.447. The van der Waals surface area contributed by atoms with Gasteiger partial charge in [0.2, 0.25) is 0 Å². The molecule has 0 radical (unpaired) electrons. The minimum atomic E-state index is -4.31. The third-order valence-corrected chi connectivity index (χ3v) is 3.29. The van der Waals surface area contributed by atoms with Gasteiger partial charge in [0.15, 0.2) is 5.66 Å². The standard InChI is InChI=1S/C7H13N3O6S/c1-7(5-17(14,15)16)8-4-6(10(12)13)9(7)2-3-11/h4,8,11H,2-3,5H2,1H3,(H,14,15,16). The van der Waals surface area contributed by atoms with Gasteiger partial charge in [0, 0.05) is 0 Å². The minimum Gasteiger partial charge on any atom is -0.392 e. The second-order valence-corrected chi connectivity index (χ2v) is 5.23. The van der Waals surface area contributed by atoms with Gasteiger partial charge in [-0.1, -0.05) is 0 Å². The maximum absolute atomic E-state index is 10.9. The Balaban J connectivity index is 3.00. The van der Waals surface area contributed by atoms with Gasteiger partial charge in [-0.05, 0) is 11.8 Å². The Morgan fingerprint density at radius 3 is 2.65 bits per heavy atom. The number of rotatable bonds is 5. The quantitative estimate of drug-likeness (QED) is 0.313. The predicted molar refractivity (Wildman–Crippen MR) is 56.8 cm³/mol. The summed E-state index contributed by atoms with van der Waals surface area (Å²) in [6.45, 7) is 0.878. The molecule has 0 aromatic rings. The van der Waals surface area contributed by atoms with Crippen LogP contribution in [0.15, 0.2) is 12.0 Å². The van der Waals surface area contributed by atoms with Crippen LogP contribution in [-0.4, -0.2) is 52.5 Å². The van der Waals surface area contributed by atoms with Crippen LogP contribution in [0.25, 0.3) is 0 Å². The highest BCUT2D eigenvalue weighted by atomic mass is 32.2. The van der Waals surface area contributed by atoms with Crippen LogP contribution in [0.5, 0.6) is 0 Å². The molecule has 1 aliphatic heterocycles. The summed E-state index contributed by atoms with van der Waals surface area (Å²) in [5.41, 5.74) is -1.35. The molecule has 1 atom stereocenters. The minimum absolute atomic E-state index is 0.119.